The molecule has 2 aliphatic rings. The van der Waals surface area contributed by atoms with Gasteiger partial charge in [0.05, 0.1) is 12.1 Å². The van der Waals surface area contributed by atoms with Gasteiger partial charge in [-0.15, -0.1) is 0 Å². The predicted molar refractivity (Wildman–Crippen MR) is 94.7 cm³/mol. The van der Waals surface area contributed by atoms with Crippen molar-refractivity contribution < 1.29 is 14.4 Å². The maximum atomic E-state index is 12.0. The van der Waals surface area contributed by atoms with Crippen molar-refractivity contribution in [2.45, 2.75) is 43.9 Å². The number of nitrogens with one attached hydrogen (secondary N) is 1. The van der Waals surface area contributed by atoms with E-state index in [1.807, 2.05) is 12.1 Å². The topological polar surface area (TPSA) is 91.5 Å². The largest absolute Gasteiger partial charge is 0.387 e. The molecule has 26 heavy (non-hydrogen) atoms. The number of carbonyl (C=O) groups is 1. The van der Waals surface area contributed by atoms with Gasteiger partial charge in [-0.3, -0.25) is 9.69 Å². The first-order chi connectivity index (χ1) is 12.6. The molecule has 1 amide bonds. The number of β-amino-alcohol motifs (C(OH)–C–C–N with tert-alkyl or cyclic N) is 1. The molecule has 1 aromatic heterocycles. The summed E-state index contributed by atoms with van der Waals surface area (Å²) in [6.07, 6.45) is 3.19. The monoisotopic (exact) mass is 376 g/mol. The van der Waals surface area contributed by atoms with Crippen molar-refractivity contribution >= 4 is 17.5 Å². The van der Waals surface area contributed by atoms with Crippen LogP contribution in [0.25, 0.3) is 0 Å². The number of benzene rings is 1. The Labute approximate surface area is 156 Å². The summed E-state index contributed by atoms with van der Waals surface area (Å²) >= 11 is 6.01. The minimum Gasteiger partial charge on any atom is -0.387 e. The second kappa shape index (κ2) is 7.34. The van der Waals surface area contributed by atoms with Gasteiger partial charge >= 0.3 is 0 Å². The van der Waals surface area contributed by atoms with Crippen LogP contribution in [-0.2, 0) is 0 Å². The molecule has 138 valence electrons. The second-order valence-corrected chi connectivity index (χ2v) is 7.36. The standard InChI is InChI=1S/C18H21ClN4O3/c19-12-4-1-3-11(9-12)15(24)10-23-8-2-5-14(23)18-21-16(22-26-18)17(25)20-13-6-7-13/h1,3-4,9,13-15,24H,2,5-8,10H2,(H,20,25)/t14-,15-/m1/s1. The number of amides is 1. The van der Waals surface area contributed by atoms with Crippen molar-refractivity contribution in [1.29, 1.82) is 0 Å². The Bertz CT molecular complexity index is 792. The molecule has 0 radical (unpaired) electrons. The lowest BCUT2D eigenvalue weighted by Crippen LogP contribution is -2.29. The summed E-state index contributed by atoms with van der Waals surface area (Å²) in [5, 5.41) is 17.8. The molecular formula is C18H21ClN4O3. The molecule has 1 aliphatic heterocycles. The highest BCUT2D eigenvalue weighted by Gasteiger charge is 2.33. The molecule has 7 nitrogen and oxygen atoms in total. The van der Waals surface area contributed by atoms with Gasteiger partial charge in [-0.1, -0.05) is 28.9 Å². The molecule has 1 aliphatic carbocycles. The van der Waals surface area contributed by atoms with E-state index >= 15 is 0 Å². The van der Waals surface area contributed by atoms with E-state index in [0.29, 0.717) is 17.5 Å². The second-order valence-electron chi connectivity index (χ2n) is 6.93. The normalized spacial score (nSPS) is 21.7. The van der Waals surface area contributed by atoms with E-state index in [1.165, 1.54) is 0 Å². The van der Waals surface area contributed by atoms with Crippen LogP contribution in [-0.4, -0.2) is 45.2 Å². The maximum Gasteiger partial charge on any atom is 0.292 e. The molecule has 0 spiro atoms. The third kappa shape index (κ3) is 3.90. The molecule has 0 unspecified atom stereocenters. The van der Waals surface area contributed by atoms with Crippen LogP contribution in [0.5, 0.6) is 0 Å². The van der Waals surface area contributed by atoms with Crippen LogP contribution in [0.1, 0.15) is 59.9 Å². The van der Waals surface area contributed by atoms with Gasteiger partial charge in [0, 0.05) is 17.6 Å². The van der Waals surface area contributed by atoms with Gasteiger partial charge in [0.2, 0.25) is 5.89 Å². The lowest BCUT2D eigenvalue weighted by atomic mass is 10.1. The molecule has 1 saturated carbocycles. The smallest absolute Gasteiger partial charge is 0.292 e. The summed E-state index contributed by atoms with van der Waals surface area (Å²) in [6.45, 7) is 1.27. The van der Waals surface area contributed by atoms with E-state index in [4.69, 9.17) is 16.1 Å². The number of aliphatic hydroxyl groups is 1. The van der Waals surface area contributed by atoms with Crippen molar-refractivity contribution in [2.75, 3.05) is 13.1 Å². The number of aromatic nitrogens is 2. The van der Waals surface area contributed by atoms with Crippen LogP contribution in [0.3, 0.4) is 0 Å². The quantitative estimate of drug-likeness (QED) is 0.804. The summed E-state index contributed by atoms with van der Waals surface area (Å²) in [5.74, 6) is 0.224. The van der Waals surface area contributed by atoms with E-state index in [9.17, 15) is 9.90 Å². The third-order valence-corrected chi connectivity index (χ3v) is 5.08. The lowest BCUT2D eigenvalue weighted by Gasteiger charge is -2.24. The van der Waals surface area contributed by atoms with Gasteiger partial charge in [0.15, 0.2) is 0 Å². The van der Waals surface area contributed by atoms with Crippen LogP contribution in [0.4, 0.5) is 0 Å². The average Bonchev–Trinajstić information content (AvgIpc) is 3.10. The number of hydrogen-bond acceptors (Lipinski definition) is 6. The van der Waals surface area contributed by atoms with E-state index in [1.54, 1.807) is 12.1 Å². The Kier molecular flexibility index (Phi) is 4.93. The van der Waals surface area contributed by atoms with E-state index in [2.05, 4.69) is 20.4 Å². The molecular weight excluding hydrogens is 356 g/mol. The van der Waals surface area contributed by atoms with Gasteiger partial charge in [0.1, 0.15) is 0 Å². The van der Waals surface area contributed by atoms with Gasteiger partial charge in [-0.05, 0) is 49.9 Å². The van der Waals surface area contributed by atoms with Crippen LogP contribution >= 0.6 is 11.6 Å². The van der Waals surface area contributed by atoms with Crippen molar-refractivity contribution in [2.24, 2.45) is 0 Å². The van der Waals surface area contributed by atoms with Crippen LogP contribution in [0, 0.1) is 0 Å². The molecule has 1 saturated heterocycles. The first kappa shape index (κ1) is 17.5. The molecule has 2 aromatic rings. The first-order valence-corrected chi connectivity index (χ1v) is 9.30. The molecule has 2 fully saturated rings. The van der Waals surface area contributed by atoms with E-state index in [-0.39, 0.29) is 23.8 Å². The number of rotatable bonds is 6. The van der Waals surface area contributed by atoms with Gasteiger partial charge in [-0.2, -0.15) is 4.98 Å². The molecule has 2 atom stereocenters. The molecule has 0 bridgehead atoms. The number of carbonyl (C=O) groups excluding carboxylic acids is 1. The first-order valence-electron chi connectivity index (χ1n) is 8.92. The molecule has 8 heteroatoms. The number of likely N-dealkylation sites (tertiary alicyclic amines) is 1. The molecule has 1 aromatic carbocycles. The van der Waals surface area contributed by atoms with Crippen LogP contribution in [0.2, 0.25) is 5.02 Å². The van der Waals surface area contributed by atoms with Crippen LogP contribution in [0.15, 0.2) is 28.8 Å². The Morgan fingerprint density at radius 1 is 1.42 bits per heavy atom. The number of hydrogen-bond donors (Lipinski definition) is 2. The van der Waals surface area contributed by atoms with E-state index < -0.39 is 6.10 Å². The zero-order valence-corrected chi connectivity index (χ0v) is 15.0. The number of halogens is 1. The average molecular weight is 377 g/mol. The Morgan fingerprint density at radius 3 is 3.04 bits per heavy atom. The predicted octanol–water partition coefficient (Wildman–Crippen LogP) is 2.49. The fourth-order valence-corrected chi connectivity index (χ4v) is 3.50. The fraction of sp³-hybridized carbons (Fsp3) is 0.500. The SMILES string of the molecule is O=C(NC1CC1)c1noc([C@H]2CCCN2C[C@@H](O)c2cccc(Cl)c2)n1. The van der Waals surface area contributed by atoms with Crippen molar-refractivity contribution in [3.8, 4) is 0 Å². The van der Waals surface area contributed by atoms with Crippen molar-refractivity contribution in [3.05, 3.63) is 46.6 Å². The summed E-state index contributed by atoms with van der Waals surface area (Å²) < 4.78 is 5.34. The fourth-order valence-electron chi connectivity index (χ4n) is 3.31. The van der Waals surface area contributed by atoms with Crippen molar-refractivity contribution in [3.63, 3.8) is 0 Å². The zero-order chi connectivity index (χ0) is 18.1. The number of nitrogens with zero attached hydrogens (tertiary/aromatic N) is 3. The molecule has 2 N–H and O–H groups in total. The van der Waals surface area contributed by atoms with Crippen molar-refractivity contribution in [1.82, 2.24) is 20.4 Å². The molecule has 4 rings (SSSR count). The lowest BCUT2D eigenvalue weighted by molar-refractivity contribution is 0.0937. The minimum atomic E-state index is -0.658. The minimum absolute atomic E-state index is 0.0779. The summed E-state index contributed by atoms with van der Waals surface area (Å²) in [7, 11) is 0. The Balaban J connectivity index is 1.43. The highest BCUT2D eigenvalue weighted by atomic mass is 35.5. The summed E-state index contributed by atoms with van der Waals surface area (Å²) in [4.78, 5) is 18.4. The van der Waals surface area contributed by atoms with Gasteiger partial charge in [-0.25, -0.2) is 0 Å². The highest BCUT2D eigenvalue weighted by Crippen LogP contribution is 2.33. The van der Waals surface area contributed by atoms with Gasteiger partial charge in [0.25, 0.3) is 11.7 Å². The van der Waals surface area contributed by atoms with Crippen LogP contribution < -0.4 is 5.32 Å². The summed E-state index contributed by atoms with van der Waals surface area (Å²) in [5.41, 5.74) is 0.776. The maximum absolute atomic E-state index is 12.0. The van der Waals surface area contributed by atoms with Gasteiger partial charge < -0.3 is 14.9 Å². The summed E-state index contributed by atoms with van der Waals surface area (Å²) in [6, 6.07) is 7.40. The third-order valence-electron chi connectivity index (χ3n) is 4.85. The Morgan fingerprint density at radius 2 is 2.27 bits per heavy atom. The highest BCUT2D eigenvalue weighted by molar-refractivity contribution is 6.30. The molecule has 2 heterocycles. The number of aliphatic hydroxyl groups excluding tert-OH is 1. The van der Waals surface area contributed by atoms with E-state index in [0.717, 1.165) is 37.8 Å². The Hall–Kier alpha value is -1.96. The zero-order valence-electron chi connectivity index (χ0n) is 14.3.